The fraction of sp³-hybridized carbons (Fsp3) is 0.350. The van der Waals surface area contributed by atoms with E-state index in [1.54, 1.807) is 12.1 Å². The molecule has 0 bridgehead atoms. The first-order valence-electron chi connectivity index (χ1n) is 9.94. The Morgan fingerprint density at radius 2 is 2.19 bits per heavy atom. The number of anilines is 2. The molecule has 2 aliphatic heterocycles. The van der Waals surface area contributed by atoms with Gasteiger partial charge in [0.15, 0.2) is 11.5 Å². The van der Waals surface area contributed by atoms with Crippen molar-refractivity contribution in [1.29, 1.82) is 0 Å². The molecule has 0 saturated carbocycles. The number of carbonyl (C=O) groups is 1. The summed E-state index contributed by atoms with van der Waals surface area (Å²) in [6, 6.07) is 6.36. The number of alkyl halides is 2. The molecule has 2 aromatic heterocycles. The monoisotopic (exact) mass is 430 g/mol. The van der Waals surface area contributed by atoms with Crippen molar-refractivity contribution in [3.63, 3.8) is 0 Å². The van der Waals surface area contributed by atoms with Gasteiger partial charge in [-0.3, -0.25) is 4.79 Å². The second-order valence-electron chi connectivity index (χ2n) is 7.44. The lowest BCUT2D eigenvalue weighted by Gasteiger charge is -2.34. The average molecular weight is 430 g/mol. The molecule has 1 amide bonds. The topological polar surface area (TPSA) is 104 Å². The van der Waals surface area contributed by atoms with Gasteiger partial charge in [-0.25, -0.2) is 9.97 Å². The average Bonchev–Trinajstić information content (AvgIpc) is 3.35. The number of amides is 1. The number of aromatic amines is 1. The molecule has 4 heterocycles. The fourth-order valence-electron chi connectivity index (χ4n) is 3.96. The molecular weight excluding hydrogens is 410 g/mol. The number of benzene rings is 1. The number of carbonyl (C=O) groups excluding carboxylic acids is 1. The number of rotatable bonds is 5. The van der Waals surface area contributed by atoms with Gasteiger partial charge in [0.1, 0.15) is 17.8 Å². The van der Waals surface area contributed by atoms with Gasteiger partial charge in [-0.2, -0.15) is 0 Å². The first-order valence-corrected chi connectivity index (χ1v) is 9.94. The van der Waals surface area contributed by atoms with E-state index in [0.717, 1.165) is 36.2 Å². The Labute approximate surface area is 175 Å². The predicted octanol–water partition coefficient (Wildman–Crippen LogP) is 2.48. The summed E-state index contributed by atoms with van der Waals surface area (Å²) in [4.78, 5) is 26.3. The second-order valence-corrected chi connectivity index (χ2v) is 7.44. The van der Waals surface area contributed by atoms with Crippen molar-refractivity contribution in [2.24, 2.45) is 0 Å². The summed E-state index contributed by atoms with van der Waals surface area (Å²) in [5.74, 6) is 0.411. The van der Waals surface area contributed by atoms with Crippen LogP contribution in [-0.4, -0.2) is 52.8 Å². The Kier molecular flexibility index (Phi) is 4.72. The summed E-state index contributed by atoms with van der Waals surface area (Å²) in [5.41, 5.74) is 1.04. The summed E-state index contributed by atoms with van der Waals surface area (Å²) in [6.45, 7) is 1.37. The van der Waals surface area contributed by atoms with Crippen LogP contribution >= 0.6 is 0 Å². The van der Waals surface area contributed by atoms with Gasteiger partial charge in [-0.15, -0.1) is 8.78 Å². The normalized spacial score (nSPS) is 19.4. The van der Waals surface area contributed by atoms with Crippen molar-refractivity contribution in [1.82, 2.24) is 20.3 Å². The minimum atomic E-state index is -3.71. The Morgan fingerprint density at radius 1 is 1.29 bits per heavy atom. The number of aromatic nitrogens is 3. The van der Waals surface area contributed by atoms with Crippen LogP contribution in [0.1, 0.15) is 12.8 Å². The number of ether oxygens (including phenoxy) is 2. The van der Waals surface area contributed by atoms with Crippen molar-refractivity contribution < 1.29 is 23.0 Å². The molecule has 1 saturated heterocycles. The van der Waals surface area contributed by atoms with Gasteiger partial charge in [0, 0.05) is 25.3 Å². The number of fused-ring (bicyclic) bond motifs is 2. The predicted molar refractivity (Wildman–Crippen MR) is 108 cm³/mol. The number of para-hydroxylation sites is 1. The van der Waals surface area contributed by atoms with E-state index < -0.39 is 6.29 Å². The standard InChI is InChI=1S/C20H20F2N6O3/c21-20(22)30-15-5-1-4-14(17(15)31-20)24-9-16(29)27-12-3-2-8-28(10-12)19-13-6-7-23-18(13)25-11-26-19/h1,4-7,11-12,24H,2-3,8-10H2,(H,27,29)(H,23,25,26). The zero-order valence-corrected chi connectivity index (χ0v) is 16.4. The summed E-state index contributed by atoms with van der Waals surface area (Å²) >= 11 is 0. The Bertz CT molecular complexity index is 1120. The van der Waals surface area contributed by atoms with Crippen molar-refractivity contribution in [3.8, 4) is 11.5 Å². The molecule has 1 unspecified atom stereocenters. The lowest BCUT2D eigenvalue weighted by Crippen LogP contribution is -2.49. The number of halogens is 2. The molecule has 1 atom stereocenters. The van der Waals surface area contributed by atoms with E-state index >= 15 is 0 Å². The zero-order chi connectivity index (χ0) is 21.4. The van der Waals surface area contributed by atoms with Gasteiger partial charge in [-0.05, 0) is 31.0 Å². The van der Waals surface area contributed by atoms with E-state index in [1.165, 1.54) is 12.4 Å². The van der Waals surface area contributed by atoms with Crippen LogP contribution in [0.25, 0.3) is 11.0 Å². The van der Waals surface area contributed by atoms with E-state index in [2.05, 4.69) is 40.0 Å². The Balaban J connectivity index is 1.20. The van der Waals surface area contributed by atoms with Crippen LogP contribution in [0.3, 0.4) is 0 Å². The Morgan fingerprint density at radius 3 is 3.10 bits per heavy atom. The van der Waals surface area contributed by atoms with Gasteiger partial charge in [0.05, 0.1) is 17.6 Å². The molecule has 2 aliphatic rings. The molecule has 3 aromatic rings. The molecule has 0 radical (unpaired) electrons. The molecular formula is C20H20F2N6O3. The second kappa shape index (κ2) is 7.56. The third-order valence-corrected chi connectivity index (χ3v) is 5.29. The fourth-order valence-corrected chi connectivity index (χ4v) is 3.96. The smallest absolute Gasteiger partial charge is 0.395 e. The Hall–Kier alpha value is -3.63. The third-order valence-electron chi connectivity index (χ3n) is 5.29. The highest BCUT2D eigenvalue weighted by atomic mass is 19.3. The van der Waals surface area contributed by atoms with Gasteiger partial charge in [-0.1, -0.05) is 6.07 Å². The number of nitrogens with zero attached hydrogens (tertiary/aromatic N) is 3. The number of hydrogen-bond acceptors (Lipinski definition) is 7. The van der Waals surface area contributed by atoms with E-state index in [1.807, 2.05) is 12.3 Å². The molecule has 0 aliphatic carbocycles. The summed E-state index contributed by atoms with van der Waals surface area (Å²) in [6.07, 6.45) is 1.38. The van der Waals surface area contributed by atoms with Crippen LogP contribution in [0, 0.1) is 0 Å². The van der Waals surface area contributed by atoms with E-state index in [9.17, 15) is 13.6 Å². The molecule has 5 rings (SSSR count). The van der Waals surface area contributed by atoms with Crippen molar-refractivity contribution in [3.05, 3.63) is 36.8 Å². The van der Waals surface area contributed by atoms with Crippen molar-refractivity contribution in [2.45, 2.75) is 25.2 Å². The lowest BCUT2D eigenvalue weighted by molar-refractivity contribution is -0.286. The molecule has 9 nitrogen and oxygen atoms in total. The quantitative estimate of drug-likeness (QED) is 0.571. The molecule has 11 heteroatoms. The van der Waals surface area contributed by atoms with Gasteiger partial charge in [0.2, 0.25) is 5.91 Å². The van der Waals surface area contributed by atoms with Crippen LogP contribution in [0.15, 0.2) is 36.8 Å². The highest BCUT2D eigenvalue weighted by molar-refractivity contribution is 5.87. The van der Waals surface area contributed by atoms with Crippen LogP contribution in [0.5, 0.6) is 11.5 Å². The van der Waals surface area contributed by atoms with E-state index in [-0.39, 0.29) is 35.7 Å². The minimum Gasteiger partial charge on any atom is -0.395 e. The molecule has 1 fully saturated rings. The van der Waals surface area contributed by atoms with Crippen LogP contribution in [0.4, 0.5) is 20.3 Å². The highest BCUT2D eigenvalue weighted by Crippen LogP contribution is 2.45. The molecule has 1 aromatic carbocycles. The third kappa shape index (κ3) is 3.90. The minimum absolute atomic E-state index is 0.0580. The van der Waals surface area contributed by atoms with E-state index in [0.29, 0.717) is 6.54 Å². The maximum absolute atomic E-state index is 13.3. The first kappa shape index (κ1) is 19.3. The van der Waals surface area contributed by atoms with Gasteiger partial charge in [0.25, 0.3) is 0 Å². The molecule has 3 N–H and O–H groups in total. The number of piperidine rings is 1. The zero-order valence-electron chi connectivity index (χ0n) is 16.4. The van der Waals surface area contributed by atoms with Crippen LogP contribution < -0.4 is 25.0 Å². The van der Waals surface area contributed by atoms with Gasteiger partial charge < -0.3 is 30.0 Å². The largest absolute Gasteiger partial charge is 0.586 e. The summed E-state index contributed by atoms with van der Waals surface area (Å²) in [5, 5.41) is 6.79. The molecule has 0 spiro atoms. The number of H-pyrrole nitrogens is 1. The van der Waals surface area contributed by atoms with Crippen LogP contribution in [-0.2, 0) is 4.79 Å². The maximum atomic E-state index is 13.3. The van der Waals surface area contributed by atoms with E-state index in [4.69, 9.17) is 0 Å². The van der Waals surface area contributed by atoms with Gasteiger partial charge >= 0.3 is 6.29 Å². The molecule has 162 valence electrons. The summed E-state index contributed by atoms with van der Waals surface area (Å²) < 4.78 is 35.6. The SMILES string of the molecule is O=C(CNc1cccc2c1OC(F)(F)O2)NC1CCCN(c2ncnc3[nH]ccc23)C1. The maximum Gasteiger partial charge on any atom is 0.586 e. The lowest BCUT2D eigenvalue weighted by atomic mass is 10.1. The highest BCUT2D eigenvalue weighted by Gasteiger charge is 2.44. The first-order chi connectivity index (χ1) is 15.0. The molecule has 31 heavy (non-hydrogen) atoms. The number of hydrogen-bond donors (Lipinski definition) is 3. The summed E-state index contributed by atoms with van der Waals surface area (Å²) in [7, 11) is 0. The van der Waals surface area contributed by atoms with Crippen LogP contribution in [0.2, 0.25) is 0 Å². The number of nitrogens with one attached hydrogen (secondary N) is 3. The van der Waals surface area contributed by atoms with Crippen molar-refractivity contribution in [2.75, 3.05) is 29.9 Å². The van der Waals surface area contributed by atoms with Crippen molar-refractivity contribution >= 4 is 28.4 Å².